The number of nitrogens with zero attached hydrogens (tertiary/aromatic N) is 2. The maximum Gasteiger partial charge on any atom is 0.269 e. The van der Waals surface area contributed by atoms with Gasteiger partial charge in [0.2, 0.25) is 10.0 Å². The van der Waals surface area contributed by atoms with Gasteiger partial charge in [0, 0.05) is 25.2 Å². The molecule has 2 rings (SSSR count). The van der Waals surface area contributed by atoms with Gasteiger partial charge in [-0.15, -0.1) is 12.4 Å². The molecular weight excluding hydrogens is 318 g/mol. The molecule has 0 amide bonds. The van der Waals surface area contributed by atoms with Gasteiger partial charge in [-0.1, -0.05) is 0 Å². The summed E-state index contributed by atoms with van der Waals surface area (Å²) in [5.41, 5.74) is -0.117. The number of piperidine rings is 1. The van der Waals surface area contributed by atoms with E-state index in [9.17, 15) is 18.5 Å². The van der Waals surface area contributed by atoms with Crippen molar-refractivity contribution >= 4 is 28.1 Å². The molecule has 1 N–H and O–H groups in total. The van der Waals surface area contributed by atoms with Crippen molar-refractivity contribution in [1.29, 1.82) is 0 Å². The average molecular weight is 336 g/mol. The van der Waals surface area contributed by atoms with Crippen LogP contribution in [-0.2, 0) is 10.0 Å². The van der Waals surface area contributed by atoms with Crippen LogP contribution in [0.1, 0.15) is 12.8 Å². The van der Waals surface area contributed by atoms with Gasteiger partial charge in [0.05, 0.1) is 9.82 Å². The van der Waals surface area contributed by atoms with Gasteiger partial charge in [-0.25, -0.2) is 8.42 Å². The highest BCUT2D eigenvalue weighted by Crippen LogP contribution is 2.22. The molecule has 0 atom stereocenters. The number of benzene rings is 1. The second kappa shape index (κ2) is 7.17. The molecule has 118 valence electrons. The first-order valence-corrected chi connectivity index (χ1v) is 7.80. The van der Waals surface area contributed by atoms with E-state index in [0.29, 0.717) is 0 Å². The number of sulfonamides is 1. The van der Waals surface area contributed by atoms with E-state index in [1.807, 2.05) is 0 Å². The minimum atomic E-state index is -3.60. The summed E-state index contributed by atoms with van der Waals surface area (Å²) in [6.07, 6.45) is 1.53. The topological polar surface area (TPSA) is 92.6 Å². The normalized spacial score (nSPS) is 16.5. The molecule has 1 aliphatic rings. The third-order valence-electron chi connectivity index (χ3n) is 3.55. The molecule has 0 bridgehead atoms. The Kier molecular flexibility index (Phi) is 6.09. The summed E-state index contributed by atoms with van der Waals surface area (Å²) in [5.74, 6) is 0. The van der Waals surface area contributed by atoms with Gasteiger partial charge in [-0.05, 0) is 38.1 Å². The maximum atomic E-state index is 12.4. The highest BCUT2D eigenvalue weighted by molar-refractivity contribution is 7.89. The first-order valence-electron chi connectivity index (χ1n) is 6.36. The van der Waals surface area contributed by atoms with E-state index in [1.54, 1.807) is 7.05 Å². The number of hydrogen-bond acceptors (Lipinski definition) is 5. The lowest BCUT2D eigenvalue weighted by atomic mass is 10.1. The third kappa shape index (κ3) is 3.91. The average Bonchev–Trinajstić information content (AvgIpc) is 2.47. The van der Waals surface area contributed by atoms with Crippen LogP contribution in [0.2, 0.25) is 0 Å². The van der Waals surface area contributed by atoms with Gasteiger partial charge in [0.1, 0.15) is 0 Å². The lowest BCUT2D eigenvalue weighted by molar-refractivity contribution is -0.384. The Labute approximate surface area is 129 Å². The minimum absolute atomic E-state index is 0. The van der Waals surface area contributed by atoms with Crippen LogP contribution in [0.5, 0.6) is 0 Å². The first-order chi connectivity index (χ1) is 9.43. The van der Waals surface area contributed by atoms with E-state index in [0.717, 1.165) is 25.9 Å². The summed E-state index contributed by atoms with van der Waals surface area (Å²) in [5, 5.41) is 13.8. The molecule has 7 nitrogen and oxygen atoms in total. The van der Waals surface area contributed by atoms with Gasteiger partial charge in [-0.3, -0.25) is 10.1 Å². The first kappa shape index (κ1) is 17.8. The van der Waals surface area contributed by atoms with E-state index in [-0.39, 0.29) is 29.0 Å². The molecule has 21 heavy (non-hydrogen) atoms. The summed E-state index contributed by atoms with van der Waals surface area (Å²) in [6, 6.07) is 4.96. The second-order valence-corrected chi connectivity index (χ2v) is 6.75. The molecule has 1 aromatic rings. The molecule has 0 radical (unpaired) electrons. The fourth-order valence-electron chi connectivity index (χ4n) is 2.27. The van der Waals surface area contributed by atoms with Crippen LogP contribution in [0.25, 0.3) is 0 Å². The standard InChI is InChI=1S/C12H17N3O4S.ClH/c1-14(10-6-8-13-9-7-10)20(18,19)12-4-2-11(3-5-12)15(16)17;/h2-5,10,13H,6-9H2,1H3;1H. The van der Waals surface area contributed by atoms with Crippen molar-refractivity contribution in [3.8, 4) is 0 Å². The Morgan fingerprint density at radius 1 is 1.24 bits per heavy atom. The van der Waals surface area contributed by atoms with Crippen LogP contribution in [0, 0.1) is 10.1 Å². The van der Waals surface area contributed by atoms with Crippen LogP contribution < -0.4 is 5.32 Å². The monoisotopic (exact) mass is 335 g/mol. The Hall–Kier alpha value is -1.22. The lowest BCUT2D eigenvalue weighted by Crippen LogP contribution is -2.43. The molecule has 0 saturated carbocycles. The number of nitro benzene ring substituents is 1. The second-order valence-electron chi connectivity index (χ2n) is 4.75. The molecule has 0 spiro atoms. The molecule has 1 heterocycles. The molecule has 0 aliphatic carbocycles. The summed E-state index contributed by atoms with van der Waals surface area (Å²) in [6.45, 7) is 1.59. The molecule has 0 unspecified atom stereocenters. The number of halogens is 1. The van der Waals surface area contributed by atoms with Crippen molar-refractivity contribution in [2.45, 2.75) is 23.8 Å². The molecule has 9 heteroatoms. The number of nitrogens with one attached hydrogen (secondary N) is 1. The van der Waals surface area contributed by atoms with Crippen molar-refractivity contribution in [2.75, 3.05) is 20.1 Å². The highest BCUT2D eigenvalue weighted by atomic mass is 35.5. The Morgan fingerprint density at radius 2 is 1.76 bits per heavy atom. The fourth-order valence-corrected chi connectivity index (χ4v) is 3.69. The molecule has 1 fully saturated rings. The van der Waals surface area contributed by atoms with Crippen molar-refractivity contribution in [3.63, 3.8) is 0 Å². The Bertz CT molecular complexity index is 585. The van der Waals surface area contributed by atoms with Gasteiger partial charge < -0.3 is 5.32 Å². The molecule has 0 aromatic heterocycles. The molecule has 1 aromatic carbocycles. The number of hydrogen-bond donors (Lipinski definition) is 1. The van der Waals surface area contributed by atoms with E-state index < -0.39 is 14.9 Å². The van der Waals surface area contributed by atoms with Gasteiger partial charge >= 0.3 is 0 Å². The fraction of sp³-hybridized carbons (Fsp3) is 0.500. The zero-order chi connectivity index (χ0) is 14.8. The predicted octanol–water partition coefficient (Wildman–Crippen LogP) is 1.39. The van der Waals surface area contributed by atoms with Crippen molar-refractivity contribution in [2.24, 2.45) is 0 Å². The van der Waals surface area contributed by atoms with E-state index in [4.69, 9.17) is 0 Å². The van der Waals surface area contributed by atoms with E-state index in [1.165, 1.54) is 28.6 Å². The molecule has 1 saturated heterocycles. The number of non-ortho nitro benzene ring substituents is 1. The van der Waals surface area contributed by atoms with Crippen LogP contribution in [0.4, 0.5) is 5.69 Å². The van der Waals surface area contributed by atoms with E-state index >= 15 is 0 Å². The van der Waals surface area contributed by atoms with Crippen molar-refractivity contribution in [1.82, 2.24) is 9.62 Å². The van der Waals surface area contributed by atoms with Crippen LogP contribution in [0.3, 0.4) is 0 Å². The summed E-state index contributed by atoms with van der Waals surface area (Å²) in [4.78, 5) is 10.1. The number of rotatable bonds is 4. The lowest BCUT2D eigenvalue weighted by Gasteiger charge is -2.30. The Morgan fingerprint density at radius 3 is 2.24 bits per heavy atom. The van der Waals surface area contributed by atoms with Gasteiger partial charge in [0.25, 0.3) is 5.69 Å². The van der Waals surface area contributed by atoms with Crippen LogP contribution >= 0.6 is 12.4 Å². The smallest absolute Gasteiger partial charge is 0.269 e. The maximum absolute atomic E-state index is 12.4. The summed E-state index contributed by atoms with van der Waals surface area (Å²) < 4.78 is 26.3. The van der Waals surface area contributed by atoms with Crippen molar-refractivity contribution < 1.29 is 13.3 Å². The molecular formula is C12H18ClN3O4S. The quantitative estimate of drug-likeness (QED) is 0.663. The van der Waals surface area contributed by atoms with Crippen LogP contribution in [-0.4, -0.2) is 43.8 Å². The minimum Gasteiger partial charge on any atom is -0.317 e. The highest BCUT2D eigenvalue weighted by Gasteiger charge is 2.29. The summed E-state index contributed by atoms with van der Waals surface area (Å²) >= 11 is 0. The van der Waals surface area contributed by atoms with Crippen LogP contribution in [0.15, 0.2) is 29.2 Å². The predicted molar refractivity (Wildman–Crippen MR) is 81.2 cm³/mol. The zero-order valence-electron chi connectivity index (χ0n) is 11.6. The van der Waals surface area contributed by atoms with Crippen molar-refractivity contribution in [3.05, 3.63) is 34.4 Å². The van der Waals surface area contributed by atoms with Gasteiger partial charge in [-0.2, -0.15) is 4.31 Å². The SMILES string of the molecule is CN(C1CCNCC1)S(=O)(=O)c1ccc([N+](=O)[O-])cc1.Cl. The van der Waals surface area contributed by atoms with E-state index in [2.05, 4.69) is 5.32 Å². The third-order valence-corrected chi connectivity index (χ3v) is 5.47. The van der Waals surface area contributed by atoms with Gasteiger partial charge in [0.15, 0.2) is 0 Å². The largest absolute Gasteiger partial charge is 0.317 e. The molecule has 1 aliphatic heterocycles. The summed E-state index contributed by atoms with van der Waals surface area (Å²) in [7, 11) is -2.04. The Balaban J connectivity index is 0.00000220. The number of nitro groups is 1. The zero-order valence-corrected chi connectivity index (χ0v) is 13.2.